The Kier molecular flexibility index (Phi) is 6.30. The molecule has 3 unspecified atom stereocenters. The van der Waals surface area contributed by atoms with E-state index >= 15 is 0 Å². The maximum absolute atomic E-state index is 11.8. The molecule has 2 saturated heterocycles. The number of hydrogen-bond acceptors (Lipinski definition) is 6. The number of nitrogens with one attached hydrogen (secondary N) is 2. The topological polar surface area (TPSA) is 67.4 Å². The molecule has 7 heteroatoms. The van der Waals surface area contributed by atoms with Gasteiger partial charge in [-0.1, -0.05) is 6.07 Å². The summed E-state index contributed by atoms with van der Waals surface area (Å²) in [4.78, 5) is 0.303. The summed E-state index contributed by atoms with van der Waals surface area (Å²) in [6, 6.07) is 5.40. The van der Waals surface area contributed by atoms with Crippen LogP contribution in [0.4, 0.5) is 0 Å². The molecular weight excluding hydrogens is 356 g/mol. The highest BCUT2D eigenvalue weighted by Gasteiger charge is 2.26. The Labute approximate surface area is 155 Å². The highest BCUT2D eigenvalue weighted by atomic mass is 32.2. The summed E-state index contributed by atoms with van der Waals surface area (Å²) in [6.45, 7) is 1.05. The van der Waals surface area contributed by atoms with Gasteiger partial charge in [0.25, 0.3) is 0 Å². The minimum atomic E-state index is -3.23. The van der Waals surface area contributed by atoms with E-state index in [2.05, 4.69) is 22.4 Å². The zero-order valence-corrected chi connectivity index (χ0v) is 16.6. The molecule has 0 radical (unpaired) electrons. The Balaban J connectivity index is 1.67. The standard InChI is InChI=1S/C18H28N2O3S2/c1-23-17-11-14(25(2,21)22)8-9-15(17)16-6-3-7-18(20-16)19-12-13-5-4-10-24-13/h8-9,11,13,16,18-20H,3-7,10,12H2,1-2H3. The Morgan fingerprint density at radius 1 is 1.28 bits per heavy atom. The number of thioether (sulfide) groups is 1. The molecule has 3 rings (SSSR count). The van der Waals surface area contributed by atoms with Crippen molar-refractivity contribution in [3.63, 3.8) is 0 Å². The highest BCUT2D eigenvalue weighted by Crippen LogP contribution is 2.33. The van der Waals surface area contributed by atoms with Gasteiger partial charge in [-0.3, -0.25) is 5.32 Å². The van der Waals surface area contributed by atoms with Crippen molar-refractivity contribution < 1.29 is 13.2 Å². The van der Waals surface area contributed by atoms with E-state index in [1.165, 1.54) is 24.9 Å². The molecule has 25 heavy (non-hydrogen) atoms. The van der Waals surface area contributed by atoms with Gasteiger partial charge >= 0.3 is 0 Å². The first kappa shape index (κ1) is 19.0. The average molecular weight is 385 g/mol. The van der Waals surface area contributed by atoms with Crippen molar-refractivity contribution in [2.75, 3.05) is 25.7 Å². The predicted molar refractivity (Wildman–Crippen MR) is 103 cm³/mol. The van der Waals surface area contributed by atoms with Gasteiger partial charge in [0.1, 0.15) is 5.75 Å². The molecule has 0 spiro atoms. The molecule has 140 valence electrons. The molecule has 3 atom stereocenters. The fourth-order valence-corrected chi connectivity index (χ4v) is 5.48. The van der Waals surface area contributed by atoms with Crippen LogP contribution in [0.2, 0.25) is 0 Å². The number of rotatable bonds is 6. The summed E-state index contributed by atoms with van der Waals surface area (Å²) in [5, 5.41) is 8.09. The molecule has 0 amide bonds. The van der Waals surface area contributed by atoms with Crippen LogP contribution in [0.5, 0.6) is 5.75 Å². The van der Waals surface area contributed by atoms with Gasteiger partial charge < -0.3 is 10.1 Å². The number of piperidine rings is 1. The van der Waals surface area contributed by atoms with Gasteiger partial charge in [0.05, 0.1) is 18.2 Å². The van der Waals surface area contributed by atoms with Crippen LogP contribution in [0.25, 0.3) is 0 Å². The van der Waals surface area contributed by atoms with Crippen LogP contribution in [0.1, 0.15) is 43.7 Å². The van der Waals surface area contributed by atoms with E-state index < -0.39 is 9.84 Å². The smallest absolute Gasteiger partial charge is 0.175 e. The Bertz CT molecular complexity index is 688. The monoisotopic (exact) mass is 384 g/mol. The zero-order chi connectivity index (χ0) is 17.9. The number of sulfone groups is 1. The van der Waals surface area contributed by atoms with Crippen LogP contribution in [0.15, 0.2) is 23.1 Å². The van der Waals surface area contributed by atoms with Gasteiger partial charge in [-0.25, -0.2) is 8.42 Å². The maximum atomic E-state index is 11.8. The van der Waals surface area contributed by atoms with Crippen molar-refractivity contribution in [3.05, 3.63) is 23.8 Å². The molecular formula is C18H28N2O3S2. The van der Waals surface area contributed by atoms with E-state index in [1.54, 1.807) is 19.2 Å². The van der Waals surface area contributed by atoms with Crippen molar-refractivity contribution in [1.29, 1.82) is 0 Å². The third-order valence-electron chi connectivity index (χ3n) is 5.01. The SMILES string of the molecule is COc1cc(S(C)(=O)=O)ccc1C1CCCC(NCC2CCCS2)N1. The lowest BCUT2D eigenvalue weighted by molar-refractivity contribution is 0.278. The number of ether oxygens (including phenoxy) is 1. The molecule has 2 heterocycles. The van der Waals surface area contributed by atoms with E-state index in [9.17, 15) is 8.42 Å². The van der Waals surface area contributed by atoms with Crippen LogP contribution in [0.3, 0.4) is 0 Å². The summed E-state index contributed by atoms with van der Waals surface area (Å²) < 4.78 is 29.0. The molecule has 0 bridgehead atoms. The van der Waals surface area contributed by atoms with Gasteiger partial charge in [-0.2, -0.15) is 11.8 Å². The number of hydrogen-bond donors (Lipinski definition) is 2. The second-order valence-corrected chi connectivity index (χ2v) is 10.3. The van der Waals surface area contributed by atoms with Crippen LogP contribution < -0.4 is 15.4 Å². The summed E-state index contributed by atoms with van der Waals surface area (Å²) >= 11 is 2.07. The Morgan fingerprint density at radius 2 is 2.12 bits per heavy atom. The quantitative estimate of drug-likeness (QED) is 0.786. The van der Waals surface area contributed by atoms with Crippen molar-refractivity contribution in [1.82, 2.24) is 10.6 Å². The summed E-state index contributed by atoms with van der Waals surface area (Å²) in [7, 11) is -1.63. The third kappa shape index (κ3) is 4.90. The van der Waals surface area contributed by atoms with Crippen LogP contribution in [0, 0.1) is 0 Å². The van der Waals surface area contributed by atoms with Crippen molar-refractivity contribution in [3.8, 4) is 5.75 Å². The molecule has 0 saturated carbocycles. The van der Waals surface area contributed by atoms with Gasteiger partial charge in [0.15, 0.2) is 9.84 Å². The minimum Gasteiger partial charge on any atom is -0.496 e. The molecule has 2 aliphatic heterocycles. The van der Waals surface area contributed by atoms with Crippen molar-refractivity contribution >= 4 is 21.6 Å². The summed E-state index contributed by atoms with van der Waals surface area (Å²) in [5.41, 5.74) is 1.04. The van der Waals surface area contributed by atoms with Gasteiger partial charge in [-0.05, 0) is 50.0 Å². The Morgan fingerprint density at radius 3 is 2.80 bits per heavy atom. The minimum absolute atomic E-state index is 0.186. The van der Waals surface area contributed by atoms with Gasteiger partial charge in [0, 0.05) is 29.7 Å². The third-order valence-corrected chi connectivity index (χ3v) is 7.52. The molecule has 5 nitrogen and oxygen atoms in total. The lowest BCUT2D eigenvalue weighted by atomic mass is 9.95. The van der Waals surface area contributed by atoms with Crippen LogP contribution in [-0.2, 0) is 9.84 Å². The van der Waals surface area contributed by atoms with Crippen LogP contribution in [-0.4, -0.2) is 45.5 Å². The highest BCUT2D eigenvalue weighted by molar-refractivity contribution is 8.00. The second kappa shape index (κ2) is 8.29. The molecule has 2 fully saturated rings. The lowest BCUT2D eigenvalue weighted by Crippen LogP contribution is -2.48. The van der Waals surface area contributed by atoms with E-state index in [0.717, 1.165) is 36.6 Å². The first-order valence-electron chi connectivity index (χ1n) is 8.96. The zero-order valence-electron chi connectivity index (χ0n) is 15.0. The first-order valence-corrected chi connectivity index (χ1v) is 11.9. The maximum Gasteiger partial charge on any atom is 0.175 e. The largest absolute Gasteiger partial charge is 0.496 e. The fraction of sp³-hybridized carbons (Fsp3) is 0.667. The average Bonchev–Trinajstić information content (AvgIpc) is 3.12. The molecule has 0 aliphatic carbocycles. The molecule has 0 aromatic heterocycles. The molecule has 2 aliphatic rings. The molecule has 2 N–H and O–H groups in total. The van der Waals surface area contributed by atoms with Crippen LogP contribution >= 0.6 is 11.8 Å². The van der Waals surface area contributed by atoms with E-state index in [1.807, 2.05) is 6.07 Å². The summed E-state index contributed by atoms with van der Waals surface area (Å²) in [6.07, 6.45) is 7.48. The fourth-order valence-electron chi connectivity index (χ4n) is 3.63. The predicted octanol–water partition coefficient (Wildman–Crippen LogP) is 2.72. The Hall–Kier alpha value is -0.760. The second-order valence-electron chi connectivity index (χ2n) is 6.92. The van der Waals surface area contributed by atoms with E-state index in [-0.39, 0.29) is 6.04 Å². The first-order chi connectivity index (χ1) is 12.0. The van der Waals surface area contributed by atoms with E-state index in [4.69, 9.17) is 4.74 Å². The number of methoxy groups -OCH3 is 1. The number of benzene rings is 1. The molecule has 1 aromatic rings. The van der Waals surface area contributed by atoms with E-state index in [0.29, 0.717) is 16.8 Å². The normalized spacial score (nSPS) is 27.4. The van der Waals surface area contributed by atoms with Gasteiger partial charge in [0.2, 0.25) is 0 Å². The van der Waals surface area contributed by atoms with Crippen molar-refractivity contribution in [2.45, 2.75) is 54.5 Å². The molecule has 1 aromatic carbocycles. The van der Waals surface area contributed by atoms with Crippen molar-refractivity contribution in [2.24, 2.45) is 0 Å². The van der Waals surface area contributed by atoms with Gasteiger partial charge in [-0.15, -0.1) is 0 Å². The lowest BCUT2D eigenvalue weighted by Gasteiger charge is -2.33. The summed E-state index contributed by atoms with van der Waals surface area (Å²) in [5.74, 6) is 1.93.